The van der Waals surface area contributed by atoms with Crippen molar-refractivity contribution in [1.82, 2.24) is 14.7 Å². The molecule has 0 aliphatic carbocycles. The van der Waals surface area contributed by atoms with Gasteiger partial charge in [-0.05, 0) is 12.8 Å². The summed E-state index contributed by atoms with van der Waals surface area (Å²) in [4.78, 5) is 46.2. The molecule has 1 spiro atoms. The molecule has 10 nitrogen and oxygen atoms in total. The van der Waals surface area contributed by atoms with Crippen molar-refractivity contribution in [3.8, 4) is 0 Å². The summed E-state index contributed by atoms with van der Waals surface area (Å²) in [5.41, 5.74) is -1.24. The van der Waals surface area contributed by atoms with E-state index in [0.29, 0.717) is 39.1 Å². The number of hydrogen-bond donors (Lipinski definition) is 1. The molecule has 0 aromatic carbocycles. The van der Waals surface area contributed by atoms with Crippen LogP contribution >= 0.6 is 0 Å². The van der Waals surface area contributed by atoms with Crippen molar-refractivity contribution >= 4 is 17.8 Å². The highest BCUT2D eigenvalue weighted by molar-refractivity contribution is 5.99. The Balaban J connectivity index is 1.46. The monoisotopic (exact) mass is 475 g/mol. The zero-order chi connectivity index (χ0) is 23.7. The highest BCUT2D eigenvalue weighted by Gasteiger charge is 2.71. The van der Waals surface area contributed by atoms with Crippen LogP contribution < -0.4 is 0 Å². The lowest BCUT2D eigenvalue weighted by molar-refractivity contribution is -0.155. The van der Waals surface area contributed by atoms with Crippen molar-refractivity contribution < 1.29 is 33.7 Å². The Morgan fingerprint density at radius 2 is 1.85 bits per heavy atom. The van der Waals surface area contributed by atoms with E-state index < -0.39 is 35.6 Å². The zero-order valence-electron chi connectivity index (χ0n) is 19.3. The van der Waals surface area contributed by atoms with Crippen molar-refractivity contribution in [2.24, 2.45) is 11.8 Å². The second kappa shape index (κ2) is 9.77. The number of rotatable bonds is 6. The number of nitrogens with zero attached hydrogens (tertiary/aromatic N) is 3. The fourth-order valence-electron chi connectivity index (χ4n) is 5.92. The van der Waals surface area contributed by atoms with E-state index in [0.717, 1.165) is 19.6 Å². The average molecular weight is 476 g/mol. The maximum absolute atomic E-state index is 14.0. The van der Waals surface area contributed by atoms with Crippen LogP contribution in [0.1, 0.15) is 12.8 Å². The Kier molecular flexibility index (Phi) is 6.74. The molecule has 0 aromatic rings. The lowest BCUT2D eigenvalue weighted by atomic mass is 9.77. The molecular formula is C24H33N3O7. The molecule has 5 rings (SSSR count). The van der Waals surface area contributed by atoms with Crippen LogP contribution in [0.4, 0.5) is 0 Å². The Hall–Kier alpha value is -2.27. The second-order valence-electron chi connectivity index (χ2n) is 9.48. The van der Waals surface area contributed by atoms with Gasteiger partial charge in [-0.1, -0.05) is 24.3 Å². The number of esters is 1. The van der Waals surface area contributed by atoms with Crippen LogP contribution in [0.5, 0.6) is 0 Å². The fraction of sp³-hybridized carbons (Fsp3) is 0.708. The minimum Gasteiger partial charge on any atom is -0.465 e. The zero-order valence-corrected chi connectivity index (χ0v) is 19.3. The maximum Gasteiger partial charge on any atom is 0.312 e. The summed E-state index contributed by atoms with van der Waals surface area (Å²) in [6, 6.07) is -0.880. The predicted octanol–water partition coefficient (Wildman–Crippen LogP) is -0.817. The number of ether oxygens (including phenoxy) is 3. The molecule has 0 saturated carbocycles. The number of aliphatic hydroxyl groups excluding tert-OH is 1. The second-order valence-corrected chi connectivity index (χ2v) is 9.48. The van der Waals surface area contributed by atoms with Gasteiger partial charge >= 0.3 is 5.97 Å². The molecule has 34 heavy (non-hydrogen) atoms. The number of likely N-dealkylation sites (tertiary alicyclic amines) is 1. The average Bonchev–Trinajstić information content (AvgIpc) is 3.21. The molecule has 5 aliphatic rings. The van der Waals surface area contributed by atoms with Gasteiger partial charge < -0.3 is 29.1 Å². The van der Waals surface area contributed by atoms with Gasteiger partial charge in [0.1, 0.15) is 17.6 Å². The number of aliphatic hydroxyl groups is 1. The molecule has 3 saturated heterocycles. The van der Waals surface area contributed by atoms with E-state index in [-0.39, 0.29) is 31.6 Å². The van der Waals surface area contributed by atoms with Gasteiger partial charge in [0, 0.05) is 45.9 Å². The number of amides is 2. The molecule has 5 atom stereocenters. The highest BCUT2D eigenvalue weighted by Crippen LogP contribution is 2.53. The first-order valence-electron chi connectivity index (χ1n) is 12.3. The van der Waals surface area contributed by atoms with E-state index >= 15 is 0 Å². The highest BCUT2D eigenvalue weighted by atomic mass is 16.6. The summed E-state index contributed by atoms with van der Waals surface area (Å²) in [6.45, 7) is 5.07. The van der Waals surface area contributed by atoms with Gasteiger partial charge in [0.15, 0.2) is 0 Å². The topological polar surface area (TPSA) is 109 Å². The van der Waals surface area contributed by atoms with E-state index in [1.165, 1.54) is 4.90 Å². The molecular weight excluding hydrogens is 442 g/mol. The van der Waals surface area contributed by atoms with E-state index in [1.807, 2.05) is 24.3 Å². The largest absolute Gasteiger partial charge is 0.465 e. The van der Waals surface area contributed by atoms with Crippen LogP contribution in [-0.2, 0) is 28.6 Å². The smallest absolute Gasteiger partial charge is 0.312 e. The summed E-state index contributed by atoms with van der Waals surface area (Å²) in [6.07, 6.45) is 7.76. The Bertz CT molecular complexity index is 871. The molecule has 1 N–H and O–H groups in total. The van der Waals surface area contributed by atoms with Gasteiger partial charge in [-0.2, -0.15) is 0 Å². The number of carbonyl (C=O) groups excluding carboxylic acids is 3. The van der Waals surface area contributed by atoms with Gasteiger partial charge in [0.05, 0.1) is 31.8 Å². The molecule has 10 heteroatoms. The van der Waals surface area contributed by atoms with Crippen LogP contribution in [-0.4, -0.2) is 121 Å². The number of fused-ring (bicyclic) bond motifs is 2. The quantitative estimate of drug-likeness (QED) is 0.392. The Morgan fingerprint density at radius 3 is 2.65 bits per heavy atom. The molecule has 186 valence electrons. The predicted molar refractivity (Wildman–Crippen MR) is 119 cm³/mol. The third-order valence-corrected chi connectivity index (χ3v) is 7.55. The van der Waals surface area contributed by atoms with Crippen LogP contribution in [0, 0.1) is 11.8 Å². The summed E-state index contributed by atoms with van der Waals surface area (Å²) in [7, 11) is 0. The summed E-state index contributed by atoms with van der Waals surface area (Å²) in [5.74, 6) is -2.57. The minimum atomic E-state index is -1.24. The third-order valence-electron chi connectivity index (χ3n) is 7.55. The van der Waals surface area contributed by atoms with Crippen molar-refractivity contribution in [2.45, 2.75) is 30.6 Å². The van der Waals surface area contributed by atoms with Crippen molar-refractivity contribution in [3.05, 3.63) is 24.3 Å². The van der Waals surface area contributed by atoms with E-state index in [2.05, 4.69) is 4.90 Å². The normalized spacial score (nSPS) is 36.0. The molecule has 3 fully saturated rings. The Morgan fingerprint density at radius 1 is 1.03 bits per heavy atom. The number of hydrogen-bond acceptors (Lipinski definition) is 8. The van der Waals surface area contributed by atoms with Crippen molar-refractivity contribution in [2.75, 3.05) is 65.7 Å². The van der Waals surface area contributed by atoms with Crippen LogP contribution in [0.25, 0.3) is 0 Å². The van der Waals surface area contributed by atoms with Crippen molar-refractivity contribution in [1.29, 1.82) is 0 Å². The summed E-state index contributed by atoms with van der Waals surface area (Å²) in [5, 5.41) is 9.43. The van der Waals surface area contributed by atoms with Gasteiger partial charge in [0.25, 0.3) is 0 Å². The molecule has 1 unspecified atom stereocenters. The number of morpholine rings is 1. The van der Waals surface area contributed by atoms with E-state index in [4.69, 9.17) is 14.2 Å². The van der Waals surface area contributed by atoms with Gasteiger partial charge in [-0.15, -0.1) is 0 Å². The lowest BCUT2D eigenvalue weighted by Crippen LogP contribution is -2.56. The maximum atomic E-state index is 14.0. The van der Waals surface area contributed by atoms with Crippen LogP contribution in [0.3, 0.4) is 0 Å². The van der Waals surface area contributed by atoms with Crippen molar-refractivity contribution in [3.63, 3.8) is 0 Å². The standard InChI is InChI=1S/C24H33N3O7/c28-13-4-8-27-20-22(30)26(10-9-25-11-15-32-16-12-25)7-3-6-24(20)19(21(27)29)18-17(34-24)5-1-2-14-33-23(18)31/h1,3,5-6,17-20,28H,2,4,7-16H2/t17-,18+,19+,20?,24+/m1/s1. The third kappa shape index (κ3) is 3.96. The Labute approximate surface area is 199 Å². The molecule has 0 radical (unpaired) electrons. The van der Waals surface area contributed by atoms with Crippen LogP contribution in [0.2, 0.25) is 0 Å². The first-order chi connectivity index (χ1) is 16.6. The summed E-state index contributed by atoms with van der Waals surface area (Å²) >= 11 is 0. The van der Waals surface area contributed by atoms with Gasteiger partial charge in [-0.25, -0.2) is 0 Å². The molecule has 2 amide bonds. The SMILES string of the molecule is O=C1OCCC=C[C@H]2O[C@]34C=CCN(CCN5CCOCC5)C(=O)C3N(CCCO)C(=O)[C@@H]4[C@@H]12. The first kappa shape index (κ1) is 23.5. The van der Waals surface area contributed by atoms with Crippen LogP contribution in [0.15, 0.2) is 24.3 Å². The summed E-state index contributed by atoms with van der Waals surface area (Å²) < 4.78 is 17.3. The lowest BCUT2D eigenvalue weighted by Gasteiger charge is -2.36. The molecule has 5 aliphatic heterocycles. The number of cyclic esters (lactones) is 1. The number of carbonyl (C=O) groups is 3. The van der Waals surface area contributed by atoms with E-state index in [1.54, 1.807) is 4.90 Å². The minimum absolute atomic E-state index is 0.101. The van der Waals surface area contributed by atoms with Gasteiger partial charge in [0.2, 0.25) is 11.8 Å². The fourth-order valence-corrected chi connectivity index (χ4v) is 5.92. The molecule has 0 bridgehead atoms. The molecule has 0 aromatic heterocycles. The van der Waals surface area contributed by atoms with Gasteiger partial charge in [-0.3, -0.25) is 19.3 Å². The first-order valence-corrected chi connectivity index (χ1v) is 12.3. The van der Waals surface area contributed by atoms with E-state index in [9.17, 15) is 19.5 Å². The molecule has 5 heterocycles.